The van der Waals surface area contributed by atoms with Gasteiger partial charge in [0.25, 0.3) is 6.43 Å². The van der Waals surface area contributed by atoms with Crippen molar-refractivity contribution in [3.63, 3.8) is 0 Å². The first-order chi connectivity index (χ1) is 9.14. The number of carboxylic acids is 1. The van der Waals surface area contributed by atoms with Gasteiger partial charge < -0.3 is 15.6 Å². The molecule has 0 saturated heterocycles. The van der Waals surface area contributed by atoms with Gasteiger partial charge in [0.05, 0.1) is 12.1 Å². The fraction of sp³-hybridized carbons (Fsp3) is 0.400. The molecule has 3 N–H and O–H groups in total. The van der Waals surface area contributed by atoms with E-state index in [0.717, 1.165) is 6.07 Å². The fourth-order valence-corrected chi connectivity index (χ4v) is 1.45. The van der Waals surface area contributed by atoms with Crippen molar-refractivity contribution in [1.29, 1.82) is 0 Å². The minimum Gasteiger partial charge on any atom is -0.481 e. The topological polar surface area (TPSA) is 85.4 Å². The maximum Gasteiger partial charge on any atom is 0.573 e. The smallest absolute Gasteiger partial charge is 0.481 e. The van der Waals surface area contributed by atoms with Gasteiger partial charge in [-0.1, -0.05) is 0 Å². The largest absolute Gasteiger partial charge is 0.573 e. The Balaban J connectivity index is 3.42. The van der Waals surface area contributed by atoms with Crippen molar-refractivity contribution in [2.45, 2.75) is 25.8 Å². The van der Waals surface area contributed by atoms with E-state index >= 15 is 0 Å². The van der Waals surface area contributed by atoms with Gasteiger partial charge in [0, 0.05) is 12.1 Å². The molecule has 0 atom stereocenters. The van der Waals surface area contributed by atoms with Crippen LogP contribution in [0.4, 0.5) is 22.0 Å². The van der Waals surface area contributed by atoms with E-state index in [1.807, 2.05) is 0 Å². The zero-order valence-electron chi connectivity index (χ0n) is 9.75. The van der Waals surface area contributed by atoms with E-state index in [4.69, 9.17) is 10.8 Å². The minimum atomic E-state index is -5.25. The van der Waals surface area contributed by atoms with Gasteiger partial charge in [0.15, 0.2) is 5.75 Å². The maximum atomic E-state index is 12.7. The van der Waals surface area contributed by atoms with Gasteiger partial charge in [0.1, 0.15) is 5.69 Å². The molecule has 112 valence electrons. The Morgan fingerprint density at radius 2 is 2.05 bits per heavy atom. The third kappa shape index (κ3) is 4.30. The highest BCUT2D eigenvalue weighted by molar-refractivity contribution is 5.71. The molecule has 20 heavy (non-hydrogen) atoms. The molecule has 0 fully saturated rings. The standard InChI is InChI=1S/C10H9F5N2O3/c11-9(12)7-8(20-10(13,14)15)4(2-6(18)19)1-5(3-16)17-7/h1,9H,2-3,16H2,(H,18,19). The van der Waals surface area contributed by atoms with Crippen molar-refractivity contribution >= 4 is 5.97 Å². The molecule has 0 unspecified atom stereocenters. The van der Waals surface area contributed by atoms with Crippen LogP contribution < -0.4 is 10.5 Å². The number of carbonyl (C=O) groups is 1. The number of carboxylic acid groups (broad SMARTS) is 1. The van der Waals surface area contributed by atoms with E-state index in [9.17, 15) is 26.7 Å². The Hall–Kier alpha value is -1.97. The van der Waals surface area contributed by atoms with E-state index in [1.54, 1.807) is 0 Å². The predicted molar refractivity (Wildman–Crippen MR) is 55.1 cm³/mol. The van der Waals surface area contributed by atoms with Crippen molar-refractivity contribution in [3.05, 3.63) is 23.0 Å². The SMILES string of the molecule is NCc1cc(CC(=O)O)c(OC(F)(F)F)c(C(F)F)n1. The molecule has 0 aliphatic carbocycles. The lowest BCUT2D eigenvalue weighted by Crippen LogP contribution is -2.21. The lowest BCUT2D eigenvalue weighted by Gasteiger charge is -2.16. The van der Waals surface area contributed by atoms with Crippen molar-refractivity contribution in [3.8, 4) is 5.75 Å². The monoisotopic (exact) mass is 300 g/mol. The molecule has 0 bridgehead atoms. The van der Waals surface area contributed by atoms with Crippen LogP contribution in [0, 0.1) is 0 Å². The highest BCUT2D eigenvalue weighted by Gasteiger charge is 2.35. The highest BCUT2D eigenvalue weighted by Crippen LogP contribution is 2.35. The molecule has 0 radical (unpaired) electrons. The lowest BCUT2D eigenvalue weighted by atomic mass is 10.1. The first kappa shape index (κ1) is 16.1. The molecule has 1 rings (SSSR count). The average Bonchev–Trinajstić information content (AvgIpc) is 2.28. The van der Waals surface area contributed by atoms with Crippen molar-refractivity contribution in [1.82, 2.24) is 4.98 Å². The third-order valence-corrected chi connectivity index (χ3v) is 2.10. The van der Waals surface area contributed by atoms with Gasteiger partial charge in [-0.3, -0.25) is 4.79 Å². The molecule has 5 nitrogen and oxygen atoms in total. The predicted octanol–water partition coefficient (Wildman–Crippen LogP) is 2.00. The summed E-state index contributed by atoms with van der Waals surface area (Å²) in [6.07, 6.45) is -9.55. The Labute approximate surface area is 109 Å². The van der Waals surface area contributed by atoms with Crippen LogP contribution in [0.3, 0.4) is 0 Å². The van der Waals surface area contributed by atoms with Crippen LogP contribution in [0.15, 0.2) is 6.07 Å². The number of halogens is 5. The first-order valence-corrected chi connectivity index (χ1v) is 5.12. The number of rotatable bonds is 5. The van der Waals surface area contributed by atoms with Crippen molar-refractivity contribution in [2.24, 2.45) is 5.73 Å². The normalized spacial score (nSPS) is 11.8. The van der Waals surface area contributed by atoms with Crippen LogP contribution >= 0.6 is 0 Å². The van der Waals surface area contributed by atoms with Crippen molar-refractivity contribution < 1.29 is 36.6 Å². The van der Waals surface area contributed by atoms with Gasteiger partial charge in [-0.2, -0.15) is 0 Å². The van der Waals surface area contributed by atoms with Crippen LogP contribution in [-0.2, 0) is 17.8 Å². The van der Waals surface area contributed by atoms with Gasteiger partial charge in [-0.25, -0.2) is 13.8 Å². The summed E-state index contributed by atoms with van der Waals surface area (Å²) in [5, 5.41) is 8.61. The van der Waals surface area contributed by atoms with Crippen LogP contribution in [0.25, 0.3) is 0 Å². The van der Waals surface area contributed by atoms with Crippen LogP contribution in [-0.4, -0.2) is 22.4 Å². The Kier molecular flexibility index (Phi) is 4.82. The second kappa shape index (κ2) is 5.99. The zero-order valence-corrected chi connectivity index (χ0v) is 9.75. The van der Waals surface area contributed by atoms with E-state index in [0.29, 0.717) is 0 Å². The van der Waals surface area contributed by atoms with Crippen LogP contribution in [0.1, 0.15) is 23.4 Å². The maximum absolute atomic E-state index is 12.7. The summed E-state index contributed by atoms with van der Waals surface area (Å²) in [6.45, 7) is -0.335. The van der Waals surface area contributed by atoms with E-state index in [-0.39, 0.29) is 12.2 Å². The highest BCUT2D eigenvalue weighted by atomic mass is 19.4. The Morgan fingerprint density at radius 3 is 2.45 bits per heavy atom. The number of ether oxygens (including phenoxy) is 1. The molecule has 1 heterocycles. The molecule has 1 aromatic heterocycles. The first-order valence-electron chi connectivity index (χ1n) is 5.12. The summed E-state index contributed by atoms with van der Waals surface area (Å²) in [5.74, 6) is -2.81. The lowest BCUT2D eigenvalue weighted by molar-refractivity contribution is -0.275. The van der Waals surface area contributed by atoms with E-state index < -0.39 is 42.2 Å². The Bertz CT molecular complexity index is 504. The zero-order chi connectivity index (χ0) is 15.5. The summed E-state index contributed by atoms with van der Waals surface area (Å²) < 4.78 is 65.6. The molecule has 10 heteroatoms. The van der Waals surface area contributed by atoms with Gasteiger partial charge in [-0.05, 0) is 6.07 Å². The summed E-state index contributed by atoms with van der Waals surface area (Å²) in [7, 11) is 0. The van der Waals surface area contributed by atoms with Crippen molar-refractivity contribution in [2.75, 3.05) is 0 Å². The van der Waals surface area contributed by atoms with E-state index in [2.05, 4.69) is 9.72 Å². The quantitative estimate of drug-likeness (QED) is 0.812. The summed E-state index contributed by atoms with van der Waals surface area (Å²) in [4.78, 5) is 13.8. The summed E-state index contributed by atoms with van der Waals surface area (Å²) in [6, 6.07) is 0.890. The molecule has 0 aliphatic heterocycles. The second-order valence-electron chi connectivity index (χ2n) is 3.61. The number of aromatic nitrogens is 1. The summed E-state index contributed by atoms with van der Waals surface area (Å²) in [5.41, 5.74) is 3.16. The molecular formula is C10H9F5N2O3. The Morgan fingerprint density at radius 1 is 1.45 bits per heavy atom. The second-order valence-corrected chi connectivity index (χ2v) is 3.61. The van der Waals surface area contributed by atoms with Gasteiger partial charge in [-0.15, -0.1) is 13.2 Å². The number of nitrogens with two attached hydrogens (primary N) is 1. The third-order valence-electron chi connectivity index (χ3n) is 2.10. The molecule has 0 saturated carbocycles. The summed E-state index contributed by atoms with van der Waals surface area (Å²) >= 11 is 0. The van der Waals surface area contributed by atoms with Gasteiger partial charge in [0.2, 0.25) is 0 Å². The molecule has 0 amide bonds. The molecular weight excluding hydrogens is 291 g/mol. The number of hydrogen-bond acceptors (Lipinski definition) is 4. The number of aliphatic carboxylic acids is 1. The molecule has 1 aromatic rings. The van der Waals surface area contributed by atoms with Gasteiger partial charge >= 0.3 is 12.3 Å². The molecule has 0 aromatic carbocycles. The van der Waals surface area contributed by atoms with Crippen LogP contribution in [0.5, 0.6) is 5.75 Å². The fourth-order valence-electron chi connectivity index (χ4n) is 1.45. The average molecular weight is 300 g/mol. The number of nitrogens with zero attached hydrogens (tertiary/aromatic N) is 1. The minimum absolute atomic E-state index is 0.161. The number of hydrogen-bond donors (Lipinski definition) is 2. The number of pyridine rings is 1. The molecule has 0 spiro atoms. The molecule has 0 aliphatic rings. The number of alkyl halides is 5. The van der Waals surface area contributed by atoms with Crippen LogP contribution in [0.2, 0.25) is 0 Å². The van der Waals surface area contributed by atoms with E-state index in [1.165, 1.54) is 0 Å².